The first kappa shape index (κ1) is 13.1. The van der Waals surface area contributed by atoms with E-state index < -0.39 is 5.97 Å². The molecule has 0 bridgehead atoms. The highest BCUT2D eigenvalue weighted by Gasteiger charge is 2.07. The fourth-order valence-corrected chi connectivity index (χ4v) is 2.20. The molecule has 1 N–H and O–H groups in total. The fourth-order valence-electron chi connectivity index (χ4n) is 1.11. The number of rotatable bonds is 6. The number of hydrogen-bond acceptors (Lipinski definition) is 4. The lowest BCUT2D eigenvalue weighted by atomic mass is 10.1. The molecule has 5 heteroatoms. The number of benzene rings is 1. The van der Waals surface area contributed by atoms with Gasteiger partial charge in [-0.05, 0) is 18.4 Å². The van der Waals surface area contributed by atoms with Crippen molar-refractivity contribution in [3.63, 3.8) is 0 Å². The van der Waals surface area contributed by atoms with Crippen LogP contribution in [0.15, 0.2) is 29.2 Å². The first-order valence-corrected chi connectivity index (χ1v) is 6.98. The summed E-state index contributed by atoms with van der Waals surface area (Å²) in [6.45, 7) is 0. The van der Waals surface area contributed by atoms with Crippen LogP contribution in [0.1, 0.15) is 10.4 Å². The normalized spacial score (nSPS) is 10.1. The third kappa shape index (κ3) is 4.28. The fraction of sp³-hybridized carbons (Fsp3) is 0.273. The van der Waals surface area contributed by atoms with E-state index in [-0.39, 0.29) is 17.3 Å². The van der Waals surface area contributed by atoms with Crippen LogP contribution in [-0.2, 0) is 4.79 Å². The Hall–Kier alpha value is -0.940. The molecule has 16 heavy (non-hydrogen) atoms. The van der Waals surface area contributed by atoms with Crippen LogP contribution < -0.4 is 0 Å². The van der Waals surface area contributed by atoms with E-state index in [1.165, 1.54) is 0 Å². The number of carbonyl (C=O) groups is 2. The van der Waals surface area contributed by atoms with Gasteiger partial charge >= 0.3 is 5.97 Å². The van der Waals surface area contributed by atoms with Gasteiger partial charge in [0.1, 0.15) is 0 Å². The van der Waals surface area contributed by atoms with Gasteiger partial charge in [0.25, 0.3) is 0 Å². The molecule has 1 aromatic rings. The predicted molar refractivity (Wildman–Crippen MR) is 67.5 cm³/mol. The second-order valence-corrected chi connectivity index (χ2v) is 4.91. The summed E-state index contributed by atoms with van der Waals surface area (Å²) >= 11 is 2.70. The van der Waals surface area contributed by atoms with E-state index >= 15 is 0 Å². The van der Waals surface area contributed by atoms with Crippen molar-refractivity contribution in [2.45, 2.75) is 4.90 Å². The molecule has 0 aliphatic heterocycles. The van der Waals surface area contributed by atoms with Gasteiger partial charge in [0, 0.05) is 10.5 Å². The highest BCUT2D eigenvalue weighted by Crippen LogP contribution is 2.17. The zero-order chi connectivity index (χ0) is 12.0. The lowest BCUT2D eigenvalue weighted by molar-refractivity contribution is -0.133. The Bertz CT molecular complexity index is 391. The van der Waals surface area contributed by atoms with Crippen molar-refractivity contribution in [2.75, 3.05) is 17.8 Å². The van der Waals surface area contributed by atoms with Crippen LogP contribution in [0.25, 0.3) is 0 Å². The van der Waals surface area contributed by atoms with E-state index in [0.29, 0.717) is 5.56 Å². The molecule has 0 aliphatic rings. The molecule has 0 aliphatic carbocycles. The second kappa shape index (κ2) is 6.60. The summed E-state index contributed by atoms with van der Waals surface area (Å²) in [5.74, 6) is -0.740. The Morgan fingerprint density at radius 1 is 1.31 bits per heavy atom. The molecule has 0 aromatic heterocycles. The SMILES string of the molecule is CSc1cccc(C(=O)CSCC(=O)O)c1. The van der Waals surface area contributed by atoms with Crippen molar-refractivity contribution in [1.82, 2.24) is 0 Å². The molecule has 0 saturated heterocycles. The minimum absolute atomic E-state index is 0.0258. The summed E-state index contributed by atoms with van der Waals surface area (Å²) in [7, 11) is 0. The van der Waals surface area contributed by atoms with E-state index in [0.717, 1.165) is 16.7 Å². The predicted octanol–water partition coefficient (Wildman–Crippen LogP) is 2.41. The summed E-state index contributed by atoms with van der Waals surface area (Å²) < 4.78 is 0. The molecule has 0 spiro atoms. The van der Waals surface area contributed by atoms with Crippen molar-refractivity contribution in [3.8, 4) is 0 Å². The van der Waals surface area contributed by atoms with Gasteiger partial charge in [0.05, 0.1) is 11.5 Å². The lowest BCUT2D eigenvalue weighted by Gasteiger charge is -2.02. The molecular weight excluding hydrogens is 244 g/mol. The highest BCUT2D eigenvalue weighted by molar-refractivity contribution is 8.00. The van der Waals surface area contributed by atoms with Crippen molar-refractivity contribution >= 4 is 35.3 Å². The molecule has 0 amide bonds. The Labute approximate surface area is 103 Å². The minimum atomic E-state index is -0.893. The van der Waals surface area contributed by atoms with E-state index in [1.54, 1.807) is 17.8 Å². The summed E-state index contributed by atoms with van der Waals surface area (Å²) in [5, 5.41) is 8.44. The zero-order valence-corrected chi connectivity index (χ0v) is 10.4. The molecule has 86 valence electrons. The molecule has 0 unspecified atom stereocenters. The first-order chi connectivity index (χ1) is 7.63. The number of carbonyl (C=O) groups excluding carboxylic acids is 1. The van der Waals surface area contributed by atoms with Crippen LogP contribution >= 0.6 is 23.5 Å². The average molecular weight is 256 g/mol. The largest absolute Gasteiger partial charge is 0.481 e. The number of hydrogen-bond donors (Lipinski definition) is 1. The number of thioether (sulfide) groups is 2. The Morgan fingerprint density at radius 3 is 2.69 bits per heavy atom. The standard InChI is InChI=1S/C11H12O3S2/c1-15-9-4-2-3-8(5-9)10(12)6-16-7-11(13)14/h2-5H,6-7H2,1H3,(H,13,14). The minimum Gasteiger partial charge on any atom is -0.481 e. The van der Waals surface area contributed by atoms with Gasteiger partial charge in [0.2, 0.25) is 0 Å². The van der Waals surface area contributed by atoms with Crippen LogP contribution in [0.4, 0.5) is 0 Å². The maximum absolute atomic E-state index is 11.7. The molecule has 0 radical (unpaired) electrons. The summed E-state index contributed by atoms with van der Waals surface area (Å²) in [4.78, 5) is 23.0. The van der Waals surface area contributed by atoms with Gasteiger partial charge in [-0.3, -0.25) is 9.59 Å². The van der Waals surface area contributed by atoms with Gasteiger partial charge in [-0.1, -0.05) is 12.1 Å². The number of carboxylic acids is 1. The van der Waals surface area contributed by atoms with Crippen LogP contribution in [0.5, 0.6) is 0 Å². The van der Waals surface area contributed by atoms with E-state index in [4.69, 9.17) is 5.11 Å². The number of aliphatic carboxylic acids is 1. The van der Waals surface area contributed by atoms with Gasteiger partial charge in [0.15, 0.2) is 5.78 Å². The average Bonchev–Trinajstić information content (AvgIpc) is 2.28. The van der Waals surface area contributed by atoms with Gasteiger partial charge in [-0.2, -0.15) is 0 Å². The number of carboxylic acid groups (broad SMARTS) is 1. The molecular formula is C11H12O3S2. The van der Waals surface area contributed by atoms with Crippen molar-refractivity contribution < 1.29 is 14.7 Å². The van der Waals surface area contributed by atoms with Crippen molar-refractivity contribution in [1.29, 1.82) is 0 Å². The Balaban J connectivity index is 2.55. The van der Waals surface area contributed by atoms with Gasteiger partial charge in [-0.25, -0.2) is 0 Å². The van der Waals surface area contributed by atoms with E-state index in [9.17, 15) is 9.59 Å². The molecule has 1 aromatic carbocycles. The molecule has 0 fully saturated rings. The highest BCUT2D eigenvalue weighted by atomic mass is 32.2. The van der Waals surface area contributed by atoms with Crippen molar-refractivity contribution in [2.24, 2.45) is 0 Å². The Kier molecular flexibility index (Phi) is 5.42. The van der Waals surface area contributed by atoms with Crippen LogP contribution in [0.3, 0.4) is 0 Å². The third-order valence-electron chi connectivity index (χ3n) is 1.85. The topological polar surface area (TPSA) is 54.4 Å². The third-order valence-corrected chi connectivity index (χ3v) is 3.49. The second-order valence-electron chi connectivity index (χ2n) is 3.04. The van der Waals surface area contributed by atoms with E-state index in [2.05, 4.69) is 0 Å². The molecule has 0 heterocycles. The summed E-state index contributed by atoms with van der Waals surface area (Å²) in [6.07, 6.45) is 1.95. The quantitative estimate of drug-likeness (QED) is 0.625. The van der Waals surface area contributed by atoms with Crippen LogP contribution in [-0.4, -0.2) is 34.6 Å². The summed E-state index contributed by atoms with van der Waals surface area (Å²) in [6, 6.07) is 7.35. The number of ketones is 1. The first-order valence-electron chi connectivity index (χ1n) is 4.60. The molecule has 0 saturated carbocycles. The molecule has 0 atom stereocenters. The number of Topliss-reactive ketones (excluding diaryl/α,β-unsaturated/α-hetero) is 1. The van der Waals surface area contributed by atoms with E-state index in [1.807, 2.05) is 24.5 Å². The van der Waals surface area contributed by atoms with Gasteiger partial charge < -0.3 is 5.11 Å². The Morgan fingerprint density at radius 2 is 2.06 bits per heavy atom. The zero-order valence-electron chi connectivity index (χ0n) is 8.80. The lowest BCUT2D eigenvalue weighted by Crippen LogP contribution is -2.06. The monoisotopic (exact) mass is 256 g/mol. The van der Waals surface area contributed by atoms with Crippen LogP contribution in [0, 0.1) is 0 Å². The maximum atomic E-state index is 11.7. The maximum Gasteiger partial charge on any atom is 0.313 e. The summed E-state index contributed by atoms with van der Waals surface area (Å²) in [5.41, 5.74) is 0.643. The smallest absolute Gasteiger partial charge is 0.313 e. The van der Waals surface area contributed by atoms with Crippen LogP contribution in [0.2, 0.25) is 0 Å². The molecule has 1 rings (SSSR count). The van der Waals surface area contributed by atoms with Gasteiger partial charge in [-0.15, -0.1) is 23.5 Å². The molecule has 3 nitrogen and oxygen atoms in total. The van der Waals surface area contributed by atoms with Crippen molar-refractivity contribution in [3.05, 3.63) is 29.8 Å².